The van der Waals surface area contributed by atoms with E-state index in [1.165, 1.54) is 38.1 Å². The van der Waals surface area contributed by atoms with Crippen molar-refractivity contribution in [1.29, 1.82) is 0 Å². The van der Waals surface area contributed by atoms with Gasteiger partial charge in [-0.25, -0.2) is 4.39 Å². The first-order valence-electron chi connectivity index (χ1n) is 5.59. The molecule has 0 aliphatic carbocycles. The third kappa shape index (κ3) is 4.90. The third-order valence-electron chi connectivity index (χ3n) is 2.39. The van der Waals surface area contributed by atoms with E-state index in [1.807, 2.05) is 0 Å². The molecule has 0 aromatic heterocycles. The average molecular weight is 286 g/mol. The summed E-state index contributed by atoms with van der Waals surface area (Å²) in [6, 6.07) is 4.09. The van der Waals surface area contributed by atoms with Crippen molar-refractivity contribution in [3.8, 4) is 5.75 Å². The SMILES string of the molecule is COC(=O)CCSCC(=O)c1ccc(OC)c(F)c1. The van der Waals surface area contributed by atoms with Gasteiger partial charge in [-0.15, -0.1) is 0 Å². The molecule has 1 aromatic carbocycles. The Morgan fingerprint density at radius 2 is 2.05 bits per heavy atom. The Labute approximate surface area is 115 Å². The summed E-state index contributed by atoms with van der Waals surface area (Å²) in [7, 11) is 2.68. The van der Waals surface area contributed by atoms with Gasteiger partial charge in [0.25, 0.3) is 0 Å². The fourth-order valence-corrected chi connectivity index (χ4v) is 2.15. The molecule has 0 radical (unpaired) electrons. The Balaban J connectivity index is 2.45. The quantitative estimate of drug-likeness (QED) is 0.437. The van der Waals surface area contributed by atoms with E-state index in [0.29, 0.717) is 11.3 Å². The number of benzene rings is 1. The van der Waals surface area contributed by atoms with Crippen LogP contribution in [0.4, 0.5) is 4.39 Å². The number of esters is 1. The molecule has 4 nitrogen and oxygen atoms in total. The van der Waals surface area contributed by atoms with E-state index >= 15 is 0 Å². The molecule has 0 aliphatic rings. The van der Waals surface area contributed by atoms with Crippen LogP contribution in [0.1, 0.15) is 16.8 Å². The summed E-state index contributed by atoms with van der Waals surface area (Å²) in [6.07, 6.45) is 0.255. The van der Waals surface area contributed by atoms with E-state index < -0.39 is 5.82 Å². The van der Waals surface area contributed by atoms with Crippen LogP contribution < -0.4 is 4.74 Å². The zero-order valence-corrected chi connectivity index (χ0v) is 11.6. The molecule has 0 saturated carbocycles. The second-order valence-electron chi connectivity index (χ2n) is 3.65. The third-order valence-corrected chi connectivity index (χ3v) is 3.34. The van der Waals surface area contributed by atoms with Crippen LogP contribution in [0.2, 0.25) is 0 Å². The van der Waals surface area contributed by atoms with Gasteiger partial charge in [0.05, 0.1) is 26.4 Å². The van der Waals surface area contributed by atoms with E-state index in [0.717, 1.165) is 6.07 Å². The van der Waals surface area contributed by atoms with Crippen molar-refractivity contribution in [1.82, 2.24) is 0 Å². The fraction of sp³-hybridized carbons (Fsp3) is 0.385. The van der Waals surface area contributed by atoms with Crippen molar-refractivity contribution in [2.45, 2.75) is 6.42 Å². The zero-order chi connectivity index (χ0) is 14.3. The highest BCUT2D eigenvalue weighted by molar-refractivity contribution is 8.00. The second kappa shape index (κ2) is 7.78. The Bertz CT molecular complexity index is 462. The summed E-state index contributed by atoms with van der Waals surface area (Å²) in [5.74, 6) is -0.255. The maximum absolute atomic E-state index is 13.4. The molecule has 0 N–H and O–H groups in total. The molecule has 104 valence electrons. The van der Waals surface area contributed by atoms with Gasteiger partial charge >= 0.3 is 5.97 Å². The van der Waals surface area contributed by atoms with Crippen molar-refractivity contribution < 1.29 is 23.5 Å². The van der Waals surface area contributed by atoms with Crippen molar-refractivity contribution in [2.75, 3.05) is 25.7 Å². The molecule has 0 amide bonds. The molecule has 0 aliphatic heterocycles. The number of ether oxygens (including phenoxy) is 2. The highest BCUT2D eigenvalue weighted by atomic mass is 32.2. The molecule has 6 heteroatoms. The first kappa shape index (κ1) is 15.5. The number of Topliss-reactive ketones (excluding diaryl/α,β-unsaturated/α-hetero) is 1. The number of carbonyl (C=O) groups excluding carboxylic acids is 2. The number of ketones is 1. The van der Waals surface area contributed by atoms with Gasteiger partial charge in [-0.05, 0) is 18.2 Å². The van der Waals surface area contributed by atoms with E-state index in [4.69, 9.17) is 4.74 Å². The fourth-order valence-electron chi connectivity index (χ4n) is 1.35. The van der Waals surface area contributed by atoms with Crippen LogP contribution >= 0.6 is 11.8 Å². The number of thioether (sulfide) groups is 1. The molecule has 0 fully saturated rings. The number of carbonyl (C=O) groups is 2. The topological polar surface area (TPSA) is 52.6 Å². The van der Waals surface area contributed by atoms with Crippen LogP contribution in [0.25, 0.3) is 0 Å². The molecule has 0 bridgehead atoms. The Hall–Kier alpha value is -1.56. The number of hydrogen-bond acceptors (Lipinski definition) is 5. The molecule has 0 unspecified atom stereocenters. The summed E-state index contributed by atoms with van der Waals surface area (Å²) < 4.78 is 22.7. The van der Waals surface area contributed by atoms with E-state index in [2.05, 4.69) is 4.74 Å². The maximum Gasteiger partial charge on any atom is 0.306 e. The smallest absolute Gasteiger partial charge is 0.306 e. The standard InChI is InChI=1S/C13H15FO4S/c1-17-12-4-3-9(7-10(12)14)11(15)8-19-6-5-13(16)18-2/h3-4,7H,5-6,8H2,1-2H3. The first-order valence-corrected chi connectivity index (χ1v) is 6.75. The lowest BCUT2D eigenvalue weighted by Gasteiger charge is -2.04. The van der Waals surface area contributed by atoms with Gasteiger partial charge in [-0.1, -0.05) is 0 Å². The summed E-state index contributed by atoms with van der Waals surface area (Å²) in [5.41, 5.74) is 0.295. The molecule has 0 heterocycles. The van der Waals surface area contributed by atoms with Crippen LogP contribution in [-0.2, 0) is 9.53 Å². The van der Waals surface area contributed by atoms with Crippen molar-refractivity contribution in [3.63, 3.8) is 0 Å². The van der Waals surface area contributed by atoms with Crippen molar-refractivity contribution in [2.24, 2.45) is 0 Å². The van der Waals surface area contributed by atoms with Crippen molar-refractivity contribution >= 4 is 23.5 Å². The minimum absolute atomic E-state index is 0.106. The van der Waals surface area contributed by atoms with Crippen LogP contribution in [0.5, 0.6) is 5.75 Å². The number of rotatable bonds is 7. The lowest BCUT2D eigenvalue weighted by atomic mass is 10.1. The van der Waals surface area contributed by atoms with Gasteiger partial charge in [0.2, 0.25) is 0 Å². The summed E-state index contributed by atoms with van der Waals surface area (Å²) >= 11 is 1.31. The van der Waals surface area contributed by atoms with Gasteiger partial charge in [0.1, 0.15) is 0 Å². The largest absolute Gasteiger partial charge is 0.494 e. The molecular weight excluding hydrogens is 271 g/mol. The van der Waals surface area contributed by atoms with Crippen LogP contribution in [0, 0.1) is 5.82 Å². The Morgan fingerprint density at radius 1 is 1.32 bits per heavy atom. The normalized spacial score (nSPS) is 10.1. The molecule has 1 aromatic rings. The molecular formula is C13H15FO4S. The second-order valence-corrected chi connectivity index (χ2v) is 4.76. The van der Waals surface area contributed by atoms with E-state index in [-0.39, 0.29) is 29.7 Å². The lowest BCUT2D eigenvalue weighted by molar-refractivity contribution is -0.140. The minimum atomic E-state index is -0.562. The zero-order valence-electron chi connectivity index (χ0n) is 10.8. The summed E-state index contributed by atoms with van der Waals surface area (Å²) in [4.78, 5) is 22.6. The molecule has 19 heavy (non-hydrogen) atoms. The monoisotopic (exact) mass is 286 g/mol. The minimum Gasteiger partial charge on any atom is -0.494 e. The van der Waals surface area contributed by atoms with Gasteiger partial charge in [-0.3, -0.25) is 9.59 Å². The maximum atomic E-state index is 13.4. The summed E-state index contributed by atoms with van der Waals surface area (Å²) in [5, 5.41) is 0. The number of hydrogen-bond donors (Lipinski definition) is 0. The Kier molecular flexibility index (Phi) is 6.35. The highest BCUT2D eigenvalue weighted by Gasteiger charge is 2.10. The number of halogens is 1. The molecule has 1 rings (SSSR count). The average Bonchev–Trinajstić information content (AvgIpc) is 2.42. The van der Waals surface area contributed by atoms with E-state index in [1.54, 1.807) is 0 Å². The number of methoxy groups -OCH3 is 2. The van der Waals surface area contributed by atoms with Gasteiger partial charge in [-0.2, -0.15) is 11.8 Å². The predicted molar refractivity (Wildman–Crippen MR) is 71.2 cm³/mol. The van der Waals surface area contributed by atoms with Crippen LogP contribution in [-0.4, -0.2) is 37.5 Å². The molecule has 0 spiro atoms. The summed E-state index contributed by atoms with van der Waals surface area (Å²) in [6.45, 7) is 0. The van der Waals surface area contributed by atoms with Crippen molar-refractivity contribution in [3.05, 3.63) is 29.6 Å². The lowest BCUT2D eigenvalue weighted by Crippen LogP contribution is -2.06. The predicted octanol–water partition coefficient (Wildman–Crippen LogP) is 2.31. The first-order chi connectivity index (χ1) is 9.08. The van der Waals surface area contributed by atoms with E-state index in [9.17, 15) is 14.0 Å². The molecule has 0 atom stereocenters. The van der Waals surface area contributed by atoms with Gasteiger partial charge in [0.15, 0.2) is 17.3 Å². The highest BCUT2D eigenvalue weighted by Crippen LogP contribution is 2.19. The van der Waals surface area contributed by atoms with Gasteiger partial charge in [0, 0.05) is 11.3 Å². The van der Waals surface area contributed by atoms with Crippen LogP contribution in [0.3, 0.4) is 0 Å². The van der Waals surface area contributed by atoms with Gasteiger partial charge < -0.3 is 9.47 Å². The van der Waals surface area contributed by atoms with Crippen LogP contribution in [0.15, 0.2) is 18.2 Å². The molecule has 0 saturated heterocycles. The Morgan fingerprint density at radius 3 is 2.63 bits per heavy atom.